The van der Waals surface area contributed by atoms with Crippen LogP contribution >= 0.6 is 0 Å². The van der Waals surface area contributed by atoms with Gasteiger partial charge in [-0.05, 0) is 31.9 Å². The molecule has 0 aliphatic heterocycles. The molecular formula is C12H18N2O. The molecule has 0 saturated heterocycles. The van der Waals surface area contributed by atoms with E-state index in [1.165, 1.54) is 5.56 Å². The highest BCUT2D eigenvalue weighted by Crippen LogP contribution is 2.16. The quantitative estimate of drug-likeness (QED) is 0.794. The van der Waals surface area contributed by atoms with E-state index in [4.69, 9.17) is 5.73 Å². The van der Waals surface area contributed by atoms with Gasteiger partial charge in [0.25, 0.3) is 0 Å². The molecule has 0 aliphatic rings. The summed E-state index contributed by atoms with van der Waals surface area (Å²) in [6.07, 6.45) is 0.650. The molecule has 0 spiro atoms. The molecule has 1 aromatic carbocycles. The second kappa shape index (κ2) is 4.94. The van der Waals surface area contributed by atoms with Gasteiger partial charge in [0.1, 0.15) is 0 Å². The standard InChI is InChI=1S/C12H18N2O/c1-4-10(13)12(15)14-11-6-5-8(2)7-9(11)3/h5-7,10H,4,13H2,1-3H3,(H,14,15)/t10-/m0/s1. The Hall–Kier alpha value is -1.35. The van der Waals surface area contributed by atoms with Crippen LogP contribution in [-0.4, -0.2) is 11.9 Å². The fourth-order valence-corrected chi connectivity index (χ4v) is 1.36. The molecule has 0 bridgehead atoms. The zero-order valence-electron chi connectivity index (χ0n) is 9.50. The van der Waals surface area contributed by atoms with Crippen LogP contribution in [0.2, 0.25) is 0 Å². The van der Waals surface area contributed by atoms with Gasteiger partial charge in [-0.2, -0.15) is 0 Å². The molecule has 1 amide bonds. The van der Waals surface area contributed by atoms with Gasteiger partial charge in [-0.15, -0.1) is 0 Å². The Morgan fingerprint density at radius 2 is 2.13 bits per heavy atom. The number of nitrogens with two attached hydrogens (primary N) is 1. The fraction of sp³-hybridized carbons (Fsp3) is 0.417. The lowest BCUT2D eigenvalue weighted by atomic mass is 10.1. The van der Waals surface area contributed by atoms with Crippen LogP contribution in [0.3, 0.4) is 0 Å². The van der Waals surface area contributed by atoms with Crippen molar-refractivity contribution in [3.05, 3.63) is 29.3 Å². The van der Waals surface area contributed by atoms with Crippen LogP contribution in [-0.2, 0) is 4.79 Å². The van der Waals surface area contributed by atoms with Crippen molar-refractivity contribution >= 4 is 11.6 Å². The first-order valence-corrected chi connectivity index (χ1v) is 5.18. The maximum absolute atomic E-state index is 11.5. The highest BCUT2D eigenvalue weighted by Gasteiger charge is 2.11. The highest BCUT2D eigenvalue weighted by atomic mass is 16.2. The summed E-state index contributed by atoms with van der Waals surface area (Å²) in [6, 6.07) is 5.49. The number of rotatable bonds is 3. The predicted octanol–water partition coefficient (Wildman–Crippen LogP) is 1.98. The van der Waals surface area contributed by atoms with Crippen molar-refractivity contribution in [2.24, 2.45) is 5.73 Å². The predicted molar refractivity (Wildman–Crippen MR) is 62.8 cm³/mol. The fourth-order valence-electron chi connectivity index (χ4n) is 1.36. The van der Waals surface area contributed by atoms with Gasteiger partial charge in [0.2, 0.25) is 5.91 Å². The van der Waals surface area contributed by atoms with Crippen molar-refractivity contribution in [3.63, 3.8) is 0 Å². The van der Waals surface area contributed by atoms with E-state index in [0.717, 1.165) is 11.3 Å². The van der Waals surface area contributed by atoms with E-state index < -0.39 is 6.04 Å². The smallest absolute Gasteiger partial charge is 0.241 e. The van der Waals surface area contributed by atoms with Crippen molar-refractivity contribution < 1.29 is 4.79 Å². The lowest BCUT2D eigenvalue weighted by Crippen LogP contribution is -2.34. The van der Waals surface area contributed by atoms with Crippen molar-refractivity contribution in [3.8, 4) is 0 Å². The molecular weight excluding hydrogens is 188 g/mol. The number of carbonyl (C=O) groups is 1. The first-order valence-electron chi connectivity index (χ1n) is 5.18. The summed E-state index contributed by atoms with van der Waals surface area (Å²) >= 11 is 0. The van der Waals surface area contributed by atoms with E-state index in [1.807, 2.05) is 39.0 Å². The summed E-state index contributed by atoms with van der Waals surface area (Å²) in [4.78, 5) is 11.5. The third-order valence-corrected chi connectivity index (χ3v) is 2.42. The van der Waals surface area contributed by atoms with E-state index in [1.54, 1.807) is 0 Å². The number of aryl methyl sites for hydroxylation is 2. The number of hydrogen-bond donors (Lipinski definition) is 2. The molecule has 0 aromatic heterocycles. The molecule has 1 aromatic rings. The van der Waals surface area contributed by atoms with E-state index in [2.05, 4.69) is 5.32 Å². The number of carbonyl (C=O) groups excluding carboxylic acids is 1. The first-order chi connectivity index (χ1) is 7.04. The summed E-state index contributed by atoms with van der Waals surface area (Å²) in [5, 5.41) is 2.82. The van der Waals surface area contributed by atoms with Gasteiger partial charge in [-0.3, -0.25) is 4.79 Å². The zero-order valence-corrected chi connectivity index (χ0v) is 9.50. The normalized spacial score (nSPS) is 12.3. The SMILES string of the molecule is CC[C@H](N)C(=O)Nc1ccc(C)cc1C. The van der Waals surface area contributed by atoms with E-state index >= 15 is 0 Å². The summed E-state index contributed by atoms with van der Waals surface area (Å²) in [5.74, 6) is -0.121. The molecule has 3 heteroatoms. The van der Waals surface area contributed by atoms with Crippen molar-refractivity contribution in [2.75, 3.05) is 5.32 Å². The molecule has 3 nitrogen and oxygen atoms in total. The molecule has 0 unspecified atom stereocenters. The summed E-state index contributed by atoms with van der Waals surface area (Å²) in [5.41, 5.74) is 8.72. The average Bonchev–Trinajstić information content (AvgIpc) is 2.20. The number of hydrogen-bond acceptors (Lipinski definition) is 2. The molecule has 0 saturated carbocycles. The lowest BCUT2D eigenvalue weighted by molar-refractivity contribution is -0.117. The van der Waals surface area contributed by atoms with E-state index in [-0.39, 0.29) is 5.91 Å². The maximum atomic E-state index is 11.5. The highest BCUT2D eigenvalue weighted by molar-refractivity contribution is 5.95. The summed E-state index contributed by atoms with van der Waals surface area (Å²) in [6.45, 7) is 5.89. The summed E-state index contributed by atoms with van der Waals surface area (Å²) in [7, 11) is 0. The van der Waals surface area contributed by atoms with E-state index in [9.17, 15) is 4.79 Å². The Morgan fingerprint density at radius 3 is 2.67 bits per heavy atom. The van der Waals surface area contributed by atoms with Crippen LogP contribution in [0.1, 0.15) is 24.5 Å². The molecule has 0 radical (unpaired) electrons. The minimum Gasteiger partial charge on any atom is -0.324 e. The van der Waals surface area contributed by atoms with Gasteiger partial charge < -0.3 is 11.1 Å². The minimum atomic E-state index is -0.425. The Bertz CT molecular complexity index is 361. The molecule has 3 N–H and O–H groups in total. The lowest BCUT2D eigenvalue weighted by Gasteiger charge is -2.12. The van der Waals surface area contributed by atoms with Gasteiger partial charge in [-0.25, -0.2) is 0 Å². The van der Waals surface area contributed by atoms with Crippen LogP contribution in [0.4, 0.5) is 5.69 Å². The Balaban J connectivity index is 2.77. The number of benzene rings is 1. The van der Waals surface area contributed by atoms with Crippen LogP contribution < -0.4 is 11.1 Å². The number of amides is 1. The third-order valence-electron chi connectivity index (χ3n) is 2.42. The van der Waals surface area contributed by atoms with Crippen molar-refractivity contribution in [1.29, 1.82) is 0 Å². The van der Waals surface area contributed by atoms with Gasteiger partial charge >= 0.3 is 0 Å². The largest absolute Gasteiger partial charge is 0.324 e. The van der Waals surface area contributed by atoms with E-state index in [0.29, 0.717) is 6.42 Å². The van der Waals surface area contributed by atoms with Crippen LogP contribution in [0.15, 0.2) is 18.2 Å². The molecule has 1 rings (SSSR count). The second-order valence-corrected chi connectivity index (χ2v) is 3.82. The third kappa shape index (κ3) is 3.06. The molecule has 0 fully saturated rings. The van der Waals surface area contributed by atoms with Gasteiger partial charge in [-0.1, -0.05) is 24.6 Å². The Morgan fingerprint density at radius 1 is 1.47 bits per heavy atom. The van der Waals surface area contributed by atoms with Crippen LogP contribution in [0.5, 0.6) is 0 Å². The molecule has 15 heavy (non-hydrogen) atoms. The van der Waals surface area contributed by atoms with Gasteiger partial charge in [0.15, 0.2) is 0 Å². The second-order valence-electron chi connectivity index (χ2n) is 3.82. The Kier molecular flexibility index (Phi) is 3.86. The number of nitrogens with one attached hydrogen (secondary N) is 1. The average molecular weight is 206 g/mol. The maximum Gasteiger partial charge on any atom is 0.241 e. The van der Waals surface area contributed by atoms with Crippen LogP contribution in [0.25, 0.3) is 0 Å². The molecule has 0 heterocycles. The first kappa shape index (κ1) is 11.7. The number of anilines is 1. The van der Waals surface area contributed by atoms with Crippen molar-refractivity contribution in [2.45, 2.75) is 33.2 Å². The van der Waals surface area contributed by atoms with Crippen LogP contribution in [0, 0.1) is 13.8 Å². The van der Waals surface area contributed by atoms with Gasteiger partial charge in [0.05, 0.1) is 6.04 Å². The molecule has 82 valence electrons. The minimum absolute atomic E-state index is 0.121. The molecule has 0 aliphatic carbocycles. The zero-order chi connectivity index (χ0) is 11.4. The topological polar surface area (TPSA) is 55.1 Å². The summed E-state index contributed by atoms with van der Waals surface area (Å²) < 4.78 is 0. The van der Waals surface area contributed by atoms with Gasteiger partial charge in [0, 0.05) is 5.69 Å². The monoisotopic (exact) mass is 206 g/mol. The molecule has 1 atom stereocenters. The Labute approximate surface area is 90.7 Å². The van der Waals surface area contributed by atoms with Crippen molar-refractivity contribution in [1.82, 2.24) is 0 Å².